The first-order valence-corrected chi connectivity index (χ1v) is 8.37. The molecule has 1 fully saturated rings. The van der Waals surface area contributed by atoms with Crippen molar-refractivity contribution in [3.05, 3.63) is 39.4 Å². The molecule has 1 aliphatic rings. The summed E-state index contributed by atoms with van der Waals surface area (Å²) in [6.45, 7) is 6.68. The van der Waals surface area contributed by atoms with Gasteiger partial charge in [0.15, 0.2) is 0 Å². The van der Waals surface area contributed by atoms with E-state index in [0.29, 0.717) is 6.42 Å². The fourth-order valence-corrected chi connectivity index (χ4v) is 3.92. The fourth-order valence-electron chi connectivity index (χ4n) is 2.99. The lowest BCUT2D eigenvalue weighted by Gasteiger charge is -2.24. The molecule has 0 N–H and O–H groups in total. The molecule has 2 aromatic rings. The van der Waals surface area contributed by atoms with Gasteiger partial charge in [-0.2, -0.15) is 0 Å². The van der Waals surface area contributed by atoms with Crippen molar-refractivity contribution in [2.75, 3.05) is 6.54 Å². The predicted octanol–water partition coefficient (Wildman–Crippen LogP) is 2.76. The van der Waals surface area contributed by atoms with Crippen molar-refractivity contribution in [2.45, 2.75) is 46.1 Å². The van der Waals surface area contributed by atoms with Gasteiger partial charge in [0.05, 0.1) is 40.7 Å². The van der Waals surface area contributed by atoms with E-state index < -0.39 is 0 Å². The van der Waals surface area contributed by atoms with E-state index in [1.165, 1.54) is 0 Å². The zero-order valence-electron chi connectivity index (χ0n) is 13.2. The Labute approximate surface area is 134 Å². The maximum atomic E-state index is 12.7. The summed E-state index contributed by atoms with van der Waals surface area (Å²) in [6, 6.07) is 0.0641. The van der Waals surface area contributed by atoms with Gasteiger partial charge in [0.25, 0.3) is 0 Å². The first-order valence-electron chi connectivity index (χ1n) is 7.55. The van der Waals surface area contributed by atoms with Gasteiger partial charge < -0.3 is 4.90 Å². The van der Waals surface area contributed by atoms with E-state index in [-0.39, 0.29) is 11.9 Å². The van der Waals surface area contributed by atoms with E-state index in [2.05, 4.69) is 15.0 Å². The highest BCUT2D eigenvalue weighted by Gasteiger charge is 2.31. The van der Waals surface area contributed by atoms with Gasteiger partial charge in [-0.1, -0.05) is 0 Å². The average molecular weight is 316 g/mol. The van der Waals surface area contributed by atoms with Crippen molar-refractivity contribution in [3.63, 3.8) is 0 Å². The number of nitrogens with zero attached hydrogens (tertiary/aromatic N) is 4. The Morgan fingerprint density at radius 1 is 1.32 bits per heavy atom. The molecule has 0 aromatic carbocycles. The zero-order chi connectivity index (χ0) is 15.7. The predicted molar refractivity (Wildman–Crippen MR) is 85.7 cm³/mol. The van der Waals surface area contributed by atoms with E-state index >= 15 is 0 Å². The van der Waals surface area contributed by atoms with Crippen LogP contribution in [0.4, 0.5) is 0 Å². The van der Waals surface area contributed by atoms with Crippen LogP contribution in [0.25, 0.3) is 0 Å². The first-order chi connectivity index (χ1) is 10.5. The van der Waals surface area contributed by atoms with Gasteiger partial charge in [-0.3, -0.25) is 14.8 Å². The van der Waals surface area contributed by atoms with Crippen molar-refractivity contribution >= 4 is 17.2 Å². The molecule has 22 heavy (non-hydrogen) atoms. The van der Waals surface area contributed by atoms with Crippen LogP contribution in [0.1, 0.15) is 45.9 Å². The number of rotatable bonds is 3. The molecule has 116 valence electrons. The quantitative estimate of drug-likeness (QED) is 0.873. The second kappa shape index (κ2) is 6.12. The fraction of sp³-hybridized carbons (Fsp3) is 0.500. The van der Waals surface area contributed by atoms with E-state index in [0.717, 1.165) is 46.4 Å². The number of carbonyl (C=O) groups excluding carboxylic acids is 1. The van der Waals surface area contributed by atoms with Crippen LogP contribution in [0.5, 0.6) is 0 Å². The summed E-state index contributed by atoms with van der Waals surface area (Å²) >= 11 is 1.61. The maximum absolute atomic E-state index is 12.7. The lowest BCUT2D eigenvalue weighted by molar-refractivity contribution is -0.131. The largest absolute Gasteiger partial charge is 0.334 e. The molecule has 3 rings (SSSR count). The molecule has 1 atom stereocenters. The highest BCUT2D eigenvalue weighted by atomic mass is 32.1. The van der Waals surface area contributed by atoms with Gasteiger partial charge in [0.2, 0.25) is 5.91 Å². The zero-order valence-corrected chi connectivity index (χ0v) is 14.0. The lowest BCUT2D eigenvalue weighted by Crippen LogP contribution is -2.32. The van der Waals surface area contributed by atoms with Crippen molar-refractivity contribution in [3.8, 4) is 0 Å². The summed E-state index contributed by atoms with van der Waals surface area (Å²) in [6.07, 6.45) is 5.95. The van der Waals surface area contributed by atoms with Crippen molar-refractivity contribution in [1.29, 1.82) is 0 Å². The Morgan fingerprint density at radius 3 is 2.82 bits per heavy atom. The molecule has 5 nitrogen and oxygen atoms in total. The first kappa shape index (κ1) is 15.1. The second-order valence-electron chi connectivity index (χ2n) is 5.75. The molecule has 0 aliphatic carbocycles. The second-order valence-corrected chi connectivity index (χ2v) is 7.04. The smallest absolute Gasteiger partial charge is 0.228 e. The number of likely N-dealkylation sites (tertiary alicyclic amines) is 1. The number of aromatic nitrogens is 3. The van der Waals surface area contributed by atoms with Gasteiger partial charge in [0, 0.05) is 17.6 Å². The number of carbonyl (C=O) groups is 1. The maximum Gasteiger partial charge on any atom is 0.228 e. The molecule has 3 heterocycles. The molecule has 0 saturated carbocycles. The summed E-state index contributed by atoms with van der Waals surface area (Å²) in [7, 11) is 0. The number of aryl methyl sites for hydroxylation is 3. The van der Waals surface area contributed by atoms with Crippen LogP contribution in [0.15, 0.2) is 12.4 Å². The lowest BCUT2D eigenvalue weighted by atomic mass is 10.1. The molecule has 0 spiro atoms. The molecule has 1 saturated heterocycles. The Bertz CT molecular complexity index is 697. The third-order valence-corrected chi connectivity index (χ3v) is 5.07. The third kappa shape index (κ3) is 3.02. The Morgan fingerprint density at radius 2 is 2.14 bits per heavy atom. The van der Waals surface area contributed by atoms with E-state index in [4.69, 9.17) is 0 Å². The van der Waals surface area contributed by atoms with Crippen LogP contribution in [0, 0.1) is 20.8 Å². The molecule has 1 amide bonds. The normalized spacial score (nSPS) is 18.0. The van der Waals surface area contributed by atoms with Gasteiger partial charge >= 0.3 is 0 Å². The monoisotopic (exact) mass is 316 g/mol. The summed E-state index contributed by atoms with van der Waals surface area (Å²) in [5.41, 5.74) is 2.77. The summed E-state index contributed by atoms with van der Waals surface area (Å²) in [5.74, 6) is 0.164. The minimum atomic E-state index is 0.0641. The number of amides is 1. The summed E-state index contributed by atoms with van der Waals surface area (Å²) in [4.78, 5) is 28.9. The molecule has 1 unspecified atom stereocenters. The summed E-state index contributed by atoms with van der Waals surface area (Å²) in [5, 5.41) is 1.02. The van der Waals surface area contributed by atoms with Crippen LogP contribution in [0.2, 0.25) is 0 Å². The molecular formula is C16H20N4OS. The molecular weight excluding hydrogens is 296 g/mol. The average Bonchev–Trinajstić information content (AvgIpc) is 3.06. The molecule has 0 bridgehead atoms. The highest BCUT2D eigenvalue weighted by Crippen LogP contribution is 2.31. The standard InChI is InChI=1S/C16H20N4OS/c1-10-8-17-9-13(18-10)14-5-4-6-20(14)16(21)7-15-11(2)19-12(3)22-15/h8-9,14H,4-7H2,1-3H3. The number of thiazole rings is 1. The van der Waals surface area contributed by atoms with Crippen molar-refractivity contribution < 1.29 is 4.79 Å². The van der Waals surface area contributed by atoms with E-state index in [9.17, 15) is 4.79 Å². The van der Waals surface area contributed by atoms with Crippen molar-refractivity contribution in [2.24, 2.45) is 0 Å². The van der Waals surface area contributed by atoms with Crippen molar-refractivity contribution in [1.82, 2.24) is 19.9 Å². The Kier molecular flexibility index (Phi) is 4.20. The van der Waals surface area contributed by atoms with E-state index in [1.54, 1.807) is 23.7 Å². The molecule has 1 aliphatic heterocycles. The van der Waals surface area contributed by atoms with Gasteiger partial charge in [0.1, 0.15) is 0 Å². The minimum Gasteiger partial charge on any atom is -0.334 e. The van der Waals surface area contributed by atoms with Crippen LogP contribution in [0.3, 0.4) is 0 Å². The van der Waals surface area contributed by atoms with Gasteiger partial charge in [-0.25, -0.2) is 4.98 Å². The summed E-state index contributed by atoms with van der Waals surface area (Å²) < 4.78 is 0. The van der Waals surface area contributed by atoms with Crippen LogP contribution >= 0.6 is 11.3 Å². The van der Waals surface area contributed by atoms with Gasteiger partial charge in [-0.05, 0) is 33.6 Å². The minimum absolute atomic E-state index is 0.0641. The van der Waals surface area contributed by atoms with Crippen LogP contribution in [-0.4, -0.2) is 32.3 Å². The Hall–Kier alpha value is -1.82. The van der Waals surface area contributed by atoms with E-state index in [1.807, 2.05) is 25.7 Å². The number of hydrogen-bond donors (Lipinski definition) is 0. The molecule has 0 radical (unpaired) electrons. The third-order valence-electron chi connectivity index (χ3n) is 4.00. The number of hydrogen-bond acceptors (Lipinski definition) is 5. The van der Waals surface area contributed by atoms with Gasteiger partial charge in [-0.15, -0.1) is 11.3 Å². The molecule has 6 heteroatoms. The SMILES string of the molecule is Cc1cncc(C2CCCN2C(=O)Cc2sc(C)nc2C)n1. The van der Waals surface area contributed by atoms with Crippen LogP contribution < -0.4 is 0 Å². The van der Waals surface area contributed by atoms with Crippen LogP contribution in [-0.2, 0) is 11.2 Å². The topological polar surface area (TPSA) is 59.0 Å². The Balaban J connectivity index is 1.78. The highest BCUT2D eigenvalue weighted by molar-refractivity contribution is 7.11. The molecule has 2 aromatic heterocycles.